The Labute approximate surface area is 214 Å². The van der Waals surface area contributed by atoms with Crippen LogP contribution in [0, 0.1) is 5.82 Å². The molecule has 3 N–H and O–H groups in total. The van der Waals surface area contributed by atoms with Gasteiger partial charge in [0.05, 0.1) is 16.7 Å². The van der Waals surface area contributed by atoms with Gasteiger partial charge >= 0.3 is 0 Å². The van der Waals surface area contributed by atoms with Crippen LogP contribution in [0.5, 0.6) is 0 Å². The van der Waals surface area contributed by atoms with E-state index in [1.165, 1.54) is 0 Å². The summed E-state index contributed by atoms with van der Waals surface area (Å²) in [4.78, 5) is 22.8. The standard InChI is InChI=1S/C28H32F2N6O/c29-20-8-13-35(14-9-20)12-2-11-32-27(37)19-5-7-26-24(16-19)33-28-34-25(17-36(26)28)21-6-4-18(15-22(21)30)23-3-1-10-31-23/h4-7,15-17,20,23,31H,1-3,8-14H2,(H,32,37)(H,33,34)/t23-/m1/s1. The van der Waals surface area contributed by atoms with Gasteiger partial charge < -0.3 is 20.5 Å². The zero-order chi connectivity index (χ0) is 25.4. The number of carbonyl (C=O) groups is 1. The molecule has 1 amide bonds. The number of nitrogens with zero attached hydrogens (tertiary/aromatic N) is 3. The molecule has 2 saturated heterocycles. The van der Waals surface area contributed by atoms with Crippen LogP contribution in [0.2, 0.25) is 0 Å². The van der Waals surface area contributed by atoms with Gasteiger partial charge in [-0.05, 0) is 81.1 Å². The number of carbonyl (C=O) groups excluding carboxylic acids is 1. The maximum absolute atomic E-state index is 15.0. The van der Waals surface area contributed by atoms with Crippen molar-refractivity contribution in [1.82, 2.24) is 29.9 Å². The number of alkyl halides is 1. The molecule has 2 aliphatic heterocycles. The van der Waals surface area contributed by atoms with Crippen molar-refractivity contribution in [2.45, 2.75) is 44.3 Å². The Balaban J connectivity index is 1.12. The lowest BCUT2D eigenvalue weighted by Crippen LogP contribution is -2.36. The van der Waals surface area contributed by atoms with Crippen molar-refractivity contribution >= 4 is 22.7 Å². The average Bonchev–Trinajstić information content (AvgIpc) is 3.64. The second kappa shape index (κ2) is 10.2. The van der Waals surface area contributed by atoms with Crippen LogP contribution in [0.1, 0.15) is 54.1 Å². The van der Waals surface area contributed by atoms with Gasteiger partial charge in [-0.1, -0.05) is 6.07 Å². The number of halogens is 2. The summed E-state index contributed by atoms with van der Waals surface area (Å²) in [6.45, 7) is 3.99. The third kappa shape index (κ3) is 4.98. The zero-order valence-electron chi connectivity index (χ0n) is 20.8. The number of aromatic amines is 1. The second-order valence-electron chi connectivity index (χ2n) is 10.2. The highest BCUT2D eigenvalue weighted by atomic mass is 19.1. The Morgan fingerprint density at radius 1 is 1.14 bits per heavy atom. The molecule has 2 fully saturated rings. The van der Waals surface area contributed by atoms with E-state index in [2.05, 4.69) is 25.5 Å². The van der Waals surface area contributed by atoms with E-state index in [9.17, 15) is 13.6 Å². The van der Waals surface area contributed by atoms with Crippen molar-refractivity contribution in [3.05, 3.63) is 59.5 Å². The average molecular weight is 507 g/mol. The summed E-state index contributed by atoms with van der Waals surface area (Å²) in [6.07, 6.45) is 5.33. The minimum Gasteiger partial charge on any atom is -0.352 e. The molecule has 6 rings (SSSR count). The van der Waals surface area contributed by atoms with Gasteiger partial charge in [0.1, 0.15) is 12.0 Å². The molecule has 4 heterocycles. The predicted molar refractivity (Wildman–Crippen MR) is 140 cm³/mol. The molecule has 0 bridgehead atoms. The lowest BCUT2D eigenvalue weighted by molar-refractivity contribution is 0.0950. The first-order chi connectivity index (χ1) is 18.0. The highest BCUT2D eigenvalue weighted by Crippen LogP contribution is 2.30. The normalized spacial score (nSPS) is 19.2. The number of benzene rings is 2. The molecule has 9 heteroatoms. The fourth-order valence-electron chi connectivity index (χ4n) is 5.55. The van der Waals surface area contributed by atoms with E-state index in [1.54, 1.807) is 18.2 Å². The van der Waals surface area contributed by atoms with Gasteiger partial charge in [0.2, 0.25) is 5.78 Å². The fourth-order valence-corrected chi connectivity index (χ4v) is 5.55. The number of imidazole rings is 2. The number of aromatic nitrogens is 3. The molecule has 194 valence electrons. The van der Waals surface area contributed by atoms with Gasteiger partial charge in [0.25, 0.3) is 5.91 Å². The third-order valence-corrected chi connectivity index (χ3v) is 7.66. The third-order valence-electron chi connectivity index (χ3n) is 7.66. The van der Waals surface area contributed by atoms with Crippen LogP contribution in [-0.4, -0.2) is 64.1 Å². The van der Waals surface area contributed by atoms with Crippen molar-refractivity contribution in [1.29, 1.82) is 0 Å². The minimum absolute atomic E-state index is 0.129. The van der Waals surface area contributed by atoms with Gasteiger partial charge in [0, 0.05) is 43.0 Å². The number of fused-ring (bicyclic) bond motifs is 3. The molecular weight excluding hydrogens is 474 g/mol. The first kappa shape index (κ1) is 24.1. The largest absolute Gasteiger partial charge is 0.352 e. The molecule has 2 aliphatic rings. The minimum atomic E-state index is -0.667. The molecule has 0 spiro atoms. The fraction of sp³-hybridized carbons (Fsp3) is 0.429. The van der Waals surface area contributed by atoms with Gasteiger partial charge in [-0.2, -0.15) is 0 Å². The van der Waals surface area contributed by atoms with Crippen molar-refractivity contribution in [2.24, 2.45) is 0 Å². The highest BCUT2D eigenvalue weighted by molar-refractivity contribution is 5.98. The van der Waals surface area contributed by atoms with Gasteiger partial charge in [-0.15, -0.1) is 0 Å². The highest BCUT2D eigenvalue weighted by Gasteiger charge is 2.20. The van der Waals surface area contributed by atoms with Crippen molar-refractivity contribution in [2.75, 3.05) is 32.7 Å². The number of piperidine rings is 1. The first-order valence-corrected chi connectivity index (χ1v) is 13.2. The molecule has 2 aromatic carbocycles. The topological polar surface area (TPSA) is 77.5 Å². The van der Waals surface area contributed by atoms with Crippen LogP contribution < -0.4 is 10.6 Å². The monoisotopic (exact) mass is 506 g/mol. The maximum Gasteiger partial charge on any atom is 0.251 e. The second-order valence-corrected chi connectivity index (χ2v) is 10.2. The van der Waals surface area contributed by atoms with Crippen LogP contribution in [0.3, 0.4) is 0 Å². The molecule has 2 aromatic heterocycles. The molecule has 4 aromatic rings. The molecule has 0 saturated carbocycles. The lowest BCUT2D eigenvalue weighted by Gasteiger charge is -2.28. The Hall–Kier alpha value is -3.30. The predicted octanol–water partition coefficient (Wildman–Crippen LogP) is 4.60. The summed E-state index contributed by atoms with van der Waals surface area (Å²) >= 11 is 0. The van der Waals surface area contributed by atoms with Crippen molar-refractivity contribution in [3.63, 3.8) is 0 Å². The summed E-state index contributed by atoms with van der Waals surface area (Å²) in [5, 5.41) is 6.38. The Morgan fingerprint density at radius 2 is 2.00 bits per heavy atom. The van der Waals surface area contributed by atoms with Gasteiger partial charge in [-0.25, -0.2) is 13.8 Å². The molecule has 0 radical (unpaired) electrons. The number of likely N-dealkylation sites (tertiary alicyclic amines) is 1. The summed E-state index contributed by atoms with van der Waals surface area (Å²) < 4.78 is 30.1. The van der Waals surface area contributed by atoms with Crippen LogP contribution in [0.4, 0.5) is 8.78 Å². The zero-order valence-corrected chi connectivity index (χ0v) is 20.8. The maximum atomic E-state index is 15.0. The number of nitrogens with one attached hydrogen (secondary N) is 3. The SMILES string of the molecule is O=C(NCCCN1CCC(F)CC1)c1ccc2c(c1)[nH]c1nc(-c3ccc([C@H]4CCCN4)cc3F)cn12. The Bertz CT molecular complexity index is 1420. The molecular formula is C28H32F2N6O. The van der Waals surface area contributed by atoms with E-state index >= 15 is 0 Å². The number of rotatable bonds is 7. The molecule has 7 nitrogen and oxygen atoms in total. The first-order valence-electron chi connectivity index (χ1n) is 13.2. The van der Waals surface area contributed by atoms with Gasteiger partial charge in [0.15, 0.2) is 0 Å². The van der Waals surface area contributed by atoms with Gasteiger partial charge in [-0.3, -0.25) is 9.20 Å². The van der Waals surface area contributed by atoms with E-state index in [4.69, 9.17) is 0 Å². The smallest absolute Gasteiger partial charge is 0.251 e. The van der Waals surface area contributed by atoms with Crippen LogP contribution in [-0.2, 0) is 0 Å². The molecule has 0 unspecified atom stereocenters. The summed E-state index contributed by atoms with van der Waals surface area (Å²) in [5.74, 6) is 0.193. The van der Waals surface area contributed by atoms with Crippen molar-refractivity contribution in [3.8, 4) is 11.3 Å². The Kier molecular flexibility index (Phi) is 6.65. The summed E-state index contributed by atoms with van der Waals surface area (Å²) in [7, 11) is 0. The molecule has 0 aliphatic carbocycles. The van der Waals surface area contributed by atoms with Crippen LogP contribution in [0.25, 0.3) is 28.1 Å². The summed E-state index contributed by atoms with van der Waals surface area (Å²) in [5.41, 5.74) is 4.23. The quantitative estimate of drug-likeness (QED) is 0.320. The van der Waals surface area contributed by atoms with E-state index in [0.717, 1.165) is 62.0 Å². The van der Waals surface area contributed by atoms with E-state index in [-0.39, 0.29) is 17.8 Å². The van der Waals surface area contributed by atoms with E-state index in [1.807, 2.05) is 28.8 Å². The molecule has 37 heavy (non-hydrogen) atoms. The number of hydrogen-bond acceptors (Lipinski definition) is 4. The van der Waals surface area contributed by atoms with Crippen molar-refractivity contribution < 1.29 is 13.6 Å². The number of hydrogen-bond donors (Lipinski definition) is 3. The van der Waals surface area contributed by atoms with Crippen LogP contribution >= 0.6 is 0 Å². The van der Waals surface area contributed by atoms with Crippen LogP contribution in [0.15, 0.2) is 42.6 Å². The van der Waals surface area contributed by atoms with E-state index < -0.39 is 6.17 Å². The number of amides is 1. The number of H-pyrrole nitrogens is 1. The molecule has 1 atom stereocenters. The summed E-state index contributed by atoms with van der Waals surface area (Å²) in [6, 6.07) is 11.1. The Morgan fingerprint density at radius 3 is 2.78 bits per heavy atom. The van der Waals surface area contributed by atoms with E-state index in [0.29, 0.717) is 42.0 Å². The lowest BCUT2D eigenvalue weighted by atomic mass is 10.0.